The third-order valence-corrected chi connectivity index (χ3v) is 4.96. The summed E-state index contributed by atoms with van der Waals surface area (Å²) in [5.74, 6) is 0.243. The SMILES string of the molecule is CCOC(=O)c1cnc(NC2CCCCC2SC)nc1C. The molecule has 2 atom stereocenters. The molecule has 0 saturated heterocycles. The molecular formula is C15H23N3O2S. The molecule has 1 heterocycles. The van der Waals surface area contributed by atoms with E-state index in [1.807, 2.05) is 18.7 Å². The molecule has 6 heteroatoms. The van der Waals surface area contributed by atoms with Crippen molar-refractivity contribution in [2.45, 2.75) is 50.8 Å². The van der Waals surface area contributed by atoms with Gasteiger partial charge >= 0.3 is 5.97 Å². The van der Waals surface area contributed by atoms with Crippen molar-refractivity contribution in [3.63, 3.8) is 0 Å². The standard InChI is InChI=1S/C15H23N3O2S/c1-4-20-14(19)11-9-16-15(17-10(11)2)18-12-7-5-6-8-13(12)21-3/h9,12-13H,4-8H2,1-3H3,(H,16,17,18). The molecule has 0 spiro atoms. The van der Waals surface area contributed by atoms with Crippen LogP contribution in [-0.2, 0) is 4.74 Å². The quantitative estimate of drug-likeness (QED) is 0.843. The zero-order valence-electron chi connectivity index (χ0n) is 12.9. The van der Waals surface area contributed by atoms with E-state index in [9.17, 15) is 4.79 Å². The fourth-order valence-corrected chi connectivity index (χ4v) is 3.59. The number of esters is 1. The van der Waals surface area contributed by atoms with Crippen molar-refractivity contribution in [2.75, 3.05) is 18.2 Å². The summed E-state index contributed by atoms with van der Waals surface area (Å²) in [7, 11) is 0. The van der Waals surface area contributed by atoms with Crippen molar-refractivity contribution in [1.82, 2.24) is 9.97 Å². The third kappa shape index (κ3) is 4.09. The van der Waals surface area contributed by atoms with Gasteiger partial charge in [0.05, 0.1) is 17.9 Å². The Kier molecular flexibility index (Phi) is 5.85. The lowest BCUT2D eigenvalue weighted by Crippen LogP contribution is -2.35. The van der Waals surface area contributed by atoms with Crippen LogP contribution in [0.1, 0.15) is 48.7 Å². The Bertz CT molecular complexity index is 496. The van der Waals surface area contributed by atoms with Gasteiger partial charge in [-0.05, 0) is 32.9 Å². The van der Waals surface area contributed by atoms with E-state index in [1.165, 1.54) is 19.3 Å². The van der Waals surface area contributed by atoms with Crippen LogP contribution >= 0.6 is 11.8 Å². The first kappa shape index (κ1) is 16.1. The van der Waals surface area contributed by atoms with Crippen molar-refractivity contribution >= 4 is 23.7 Å². The van der Waals surface area contributed by atoms with Crippen LogP contribution in [0.3, 0.4) is 0 Å². The molecule has 0 aliphatic heterocycles. The van der Waals surface area contributed by atoms with E-state index in [-0.39, 0.29) is 5.97 Å². The van der Waals surface area contributed by atoms with Gasteiger partial charge in [0.15, 0.2) is 0 Å². The maximum atomic E-state index is 11.7. The van der Waals surface area contributed by atoms with E-state index in [4.69, 9.17) is 4.74 Å². The normalized spacial score (nSPS) is 21.9. The van der Waals surface area contributed by atoms with Crippen LogP contribution in [0.25, 0.3) is 0 Å². The Morgan fingerprint density at radius 3 is 2.90 bits per heavy atom. The number of nitrogens with zero attached hydrogens (tertiary/aromatic N) is 2. The summed E-state index contributed by atoms with van der Waals surface area (Å²) >= 11 is 1.90. The topological polar surface area (TPSA) is 64.1 Å². The summed E-state index contributed by atoms with van der Waals surface area (Å²) < 4.78 is 4.99. The second kappa shape index (κ2) is 7.64. The highest BCUT2D eigenvalue weighted by atomic mass is 32.2. The number of rotatable bonds is 5. The number of aryl methyl sites for hydroxylation is 1. The van der Waals surface area contributed by atoms with Crippen LogP contribution in [0.5, 0.6) is 0 Å². The van der Waals surface area contributed by atoms with Gasteiger partial charge in [-0.3, -0.25) is 0 Å². The number of aromatic nitrogens is 2. The summed E-state index contributed by atoms with van der Waals surface area (Å²) in [4.78, 5) is 20.4. The summed E-state index contributed by atoms with van der Waals surface area (Å²) in [5.41, 5.74) is 1.09. The summed E-state index contributed by atoms with van der Waals surface area (Å²) in [5, 5.41) is 4.03. The molecule has 116 valence electrons. The summed E-state index contributed by atoms with van der Waals surface area (Å²) in [6.07, 6.45) is 8.63. The van der Waals surface area contributed by atoms with Gasteiger partial charge in [-0.1, -0.05) is 12.8 Å². The molecule has 0 amide bonds. The largest absolute Gasteiger partial charge is 0.462 e. The molecule has 1 aliphatic rings. The lowest BCUT2D eigenvalue weighted by atomic mass is 9.95. The van der Waals surface area contributed by atoms with Crippen LogP contribution < -0.4 is 5.32 Å². The maximum Gasteiger partial charge on any atom is 0.341 e. The van der Waals surface area contributed by atoms with Gasteiger partial charge in [0.25, 0.3) is 0 Å². The van der Waals surface area contributed by atoms with Crippen molar-refractivity contribution in [2.24, 2.45) is 0 Å². The second-order valence-electron chi connectivity index (χ2n) is 5.22. The maximum absolute atomic E-state index is 11.7. The highest BCUT2D eigenvalue weighted by molar-refractivity contribution is 7.99. The Morgan fingerprint density at radius 2 is 2.24 bits per heavy atom. The predicted molar refractivity (Wildman–Crippen MR) is 85.9 cm³/mol. The van der Waals surface area contributed by atoms with Crippen molar-refractivity contribution in [1.29, 1.82) is 0 Å². The Labute approximate surface area is 130 Å². The van der Waals surface area contributed by atoms with Gasteiger partial charge < -0.3 is 10.1 Å². The molecule has 21 heavy (non-hydrogen) atoms. The number of hydrogen-bond donors (Lipinski definition) is 1. The molecule has 1 aliphatic carbocycles. The zero-order valence-corrected chi connectivity index (χ0v) is 13.7. The number of thioether (sulfide) groups is 1. The number of carbonyl (C=O) groups excluding carboxylic acids is 1. The first-order valence-electron chi connectivity index (χ1n) is 7.45. The van der Waals surface area contributed by atoms with E-state index in [2.05, 4.69) is 21.5 Å². The summed E-state index contributed by atoms with van der Waals surface area (Å²) in [6, 6.07) is 0.404. The third-order valence-electron chi connectivity index (χ3n) is 3.79. The molecule has 1 N–H and O–H groups in total. The first-order chi connectivity index (χ1) is 10.2. The monoisotopic (exact) mass is 309 g/mol. The molecule has 1 aromatic heterocycles. The van der Waals surface area contributed by atoms with Crippen LogP contribution in [0, 0.1) is 6.92 Å². The fourth-order valence-electron chi connectivity index (χ4n) is 2.66. The minimum Gasteiger partial charge on any atom is -0.462 e. The van der Waals surface area contributed by atoms with E-state index in [0.717, 1.165) is 6.42 Å². The fraction of sp³-hybridized carbons (Fsp3) is 0.667. The smallest absolute Gasteiger partial charge is 0.341 e. The Morgan fingerprint density at radius 1 is 1.48 bits per heavy atom. The number of nitrogens with one attached hydrogen (secondary N) is 1. The average molecular weight is 309 g/mol. The van der Waals surface area contributed by atoms with Crippen LogP contribution in [0.15, 0.2) is 6.20 Å². The lowest BCUT2D eigenvalue weighted by molar-refractivity contribution is 0.0524. The molecule has 0 radical (unpaired) electrons. The van der Waals surface area contributed by atoms with Crippen LogP contribution in [0.4, 0.5) is 5.95 Å². The first-order valence-corrected chi connectivity index (χ1v) is 8.74. The highest BCUT2D eigenvalue weighted by Crippen LogP contribution is 2.28. The molecular weight excluding hydrogens is 286 g/mol. The molecule has 1 saturated carbocycles. The molecule has 1 fully saturated rings. The molecule has 0 aromatic carbocycles. The van der Waals surface area contributed by atoms with Gasteiger partial charge in [0.1, 0.15) is 0 Å². The number of anilines is 1. The lowest BCUT2D eigenvalue weighted by Gasteiger charge is -2.30. The highest BCUT2D eigenvalue weighted by Gasteiger charge is 2.25. The van der Waals surface area contributed by atoms with E-state index in [0.29, 0.717) is 35.1 Å². The molecule has 2 rings (SSSR count). The van der Waals surface area contributed by atoms with E-state index < -0.39 is 0 Å². The van der Waals surface area contributed by atoms with E-state index >= 15 is 0 Å². The Balaban J connectivity index is 2.07. The number of ether oxygens (including phenoxy) is 1. The predicted octanol–water partition coefficient (Wildman–Crippen LogP) is 3.05. The molecule has 1 aromatic rings. The van der Waals surface area contributed by atoms with Gasteiger partial charge in [0, 0.05) is 17.5 Å². The minimum atomic E-state index is -0.360. The van der Waals surface area contributed by atoms with Gasteiger partial charge in [-0.2, -0.15) is 11.8 Å². The van der Waals surface area contributed by atoms with Gasteiger partial charge in [0.2, 0.25) is 5.95 Å². The average Bonchev–Trinajstić information content (AvgIpc) is 2.48. The van der Waals surface area contributed by atoms with Crippen LogP contribution in [0.2, 0.25) is 0 Å². The van der Waals surface area contributed by atoms with Crippen molar-refractivity contribution in [3.05, 3.63) is 17.5 Å². The van der Waals surface area contributed by atoms with Crippen molar-refractivity contribution < 1.29 is 9.53 Å². The van der Waals surface area contributed by atoms with Crippen molar-refractivity contribution in [3.8, 4) is 0 Å². The van der Waals surface area contributed by atoms with Gasteiger partial charge in [-0.15, -0.1) is 0 Å². The Hall–Kier alpha value is -1.30. The summed E-state index contributed by atoms with van der Waals surface area (Å²) in [6.45, 7) is 3.96. The minimum absolute atomic E-state index is 0.357. The second-order valence-corrected chi connectivity index (χ2v) is 6.30. The number of hydrogen-bond acceptors (Lipinski definition) is 6. The van der Waals surface area contributed by atoms with Gasteiger partial charge in [-0.25, -0.2) is 14.8 Å². The number of carbonyl (C=O) groups is 1. The van der Waals surface area contributed by atoms with Crippen LogP contribution in [-0.4, -0.2) is 40.1 Å². The molecule has 2 unspecified atom stereocenters. The zero-order chi connectivity index (χ0) is 15.2. The molecule has 0 bridgehead atoms. The molecule has 5 nitrogen and oxygen atoms in total. The van der Waals surface area contributed by atoms with E-state index in [1.54, 1.807) is 13.1 Å².